The lowest BCUT2D eigenvalue weighted by Crippen LogP contribution is -2.45. The number of nitrogens with two attached hydrogens (primary N) is 1. The van der Waals surface area contributed by atoms with E-state index in [-0.39, 0.29) is 23.6 Å². The average molecular weight is 460 g/mol. The highest BCUT2D eigenvalue weighted by Gasteiger charge is 2.24. The van der Waals surface area contributed by atoms with E-state index < -0.39 is 17.3 Å². The smallest absolute Gasteiger partial charge is 0.407 e. The van der Waals surface area contributed by atoms with Crippen LogP contribution in [0, 0.1) is 0 Å². The Labute approximate surface area is 195 Å². The van der Waals surface area contributed by atoms with Gasteiger partial charge in [0, 0.05) is 31.2 Å². The van der Waals surface area contributed by atoms with E-state index in [9.17, 15) is 9.59 Å². The summed E-state index contributed by atoms with van der Waals surface area (Å²) in [5, 5.41) is 5.90. The molecule has 0 radical (unpaired) electrons. The number of ether oxygens (including phenoxy) is 3. The first-order chi connectivity index (χ1) is 14.6. The SMILES string of the molecule is CC(CCOC(C)(C)CCC(=O)NC(C)(C)CCOC(C)CCN)NC(=O)OC(C)(C)C. The first kappa shape index (κ1) is 30.6. The molecule has 8 heteroatoms. The van der Waals surface area contributed by atoms with E-state index in [4.69, 9.17) is 19.9 Å². The molecule has 8 nitrogen and oxygen atoms in total. The van der Waals surface area contributed by atoms with E-state index in [1.807, 2.05) is 62.3 Å². The predicted octanol–water partition coefficient (Wildman–Crippen LogP) is 3.90. The summed E-state index contributed by atoms with van der Waals surface area (Å²) in [6.07, 6.45) is 2.91. The topological polar surface area (TPSA) is 112 Å². The van der Waals surface area contributed by atoms with E-state index in [0.717, 1.165) is 12.8 Å². The van der Waals surface area contributed by atoms with Crippen molar-refractivity contribution in [2.45, 2.75) is 123 Å². The van der Waals surface area contributed by atoms with Gasteiger partial charge < -0.3 is 30.6 Å². The molecule has 0 saturated heterocycles. The van der Waals surface area contributed by atoms with Gasteiger partial charge in [0.15, 0.2) is 0 Å². The number of rotatable bonds is 15. The van der Waals surface area contributed by atoms with Gasteiger partial charge in [-0.05, 0) is 94.5 Å². The van der Waals surface area contributed by atoms with Gasteiger partial charge in [-0.2, -0.15) is 0 Å². The molecule has 32 heavy (non-hydrogen) atoms. The lowest BCUT2D eigenvalue weighted by Gasteiger charge is -2.29. The van der Waals surface area contributed by atoms with Crippen molar-refractivity contribution in [3.63, 3.8) is 0 Å². The summed E-state index contributed by atoms with van der Waals surface area (Å²) in [7, 11) is 0. The van der Waals surface area contributed by atoms with Gasteiger partial charge in [0.1, 0.15) is 5.60 Å². The predicted molar refractivity (Wildman–Crippen MR) is 129 cm³/mol. The van der Waals surface area contributed by atoms with Crippen molar-refractivity contribution < 1.29 is 23.8 Å². The number of carbonyl (C=O) groups is 2. The van der Waals surface area contributed by atoms with Gasteiger partial charge in [0.2, 0.25) is 5.91 Å². The van der Waals surface area contributed by atoms with Gasteiger partial charge in [0.25, 0.3) is 0 Å². The third-order valence-electron chi connectivity index (χ3n) is 4.94. The van der Waals surface area contributed by atoms with Gasteiger partial charge in [-0.3, -0.25) is 4.79 Å². The Morgan fingerprint density at radius 1 is 0.938 bits per heavy atom. The Balaban J connectivity index is 4.20. The third-order valence-corrected chi connectivity index (χ3v) is 4.94. The van der Waals surface area contributed by atoms with Crippen LogP contribution in [0.3, 0.4) is 0 Å². The van der Waals surface area contributed by atoms with Gasteiger partial charge >= 0.3 is 6.09 Å². The second kappa shape index (κ2) is 14.0. The Morgan fingerprint density at radius 3 is 2.12 bits per heavy atom. The van der Waals surface area contributed by atoms with Crippen molar-refractivity contribution in [2.24, 2.45) is 5.73 Å². The molecule has 2 amide bonds. The molecule has 0 aromatic rings. The van der Waals surface area contributed by atoms with Crippen LogP contribution < -0.4 is 16.4 Å². The second-order valence-electron chi connectivity index (χ2n) is 10.9. The number of carbonyl (C=O) groups excluding carboxylic acids is 2. The van der Waals surface area contributed by atoms with E-state index in [1.54, 1.807) is 0 Å². The summed E-state index contributed by atoms with van der Waals surface area (Å²) in [5.74, 6) is 0.00152. The summed E-state index contributed by atoms with van der Waals surface area (Å²) < 4.78 is 17.0. The number of hydrogen-bond donors (Lipinski definition) is 3. The zero-order valence-corrected chi connectivity index (χ0v) is 21.9. The summed E-state index contributed by atoms with van der Waals surface area (Å²) in [6.45, 7) is 19.0. The molecule has 0 heterocycles. The Morgan fingerprint density at radius 2 is 1.56 bits per heavy atom. The molecule has 0 aliphatic heterocycles. The molecule has 190 valence electrons. The van der Waals surface area contributed by atoms with Crippen molar-refractivity contribution in [2.75, 3.05) is 19.8 Å². The Hall–Kier alpha value is -1.38. The van der Waals surface area contributed by atoms with Crippen LogP contribution in [0.25, 0.3) is 0 Å². The van der Waals surface area contributed by atoms with E-state index in [2.05, 4.69) is 10.6 Å². The maximum Gasteiger partial charge on any atom is 0.407 e. The molecule has 0 bridgehead atoms. The van der Waals surface area contributed by atoms with E-state index in [1.165, 1.54) is 0 Å². The molecule has 0 rings (SSSR count). The molecule has 0 aromatic carbocycles. The Bertz CT molecular complexity index is 558. The minimum atomic E-state index is -0.520. The highest BCUT2D eigenvalue weighted by molar-refractivity contribution is 5.76. The molecule has 2 atom stereocenters. The molecule has 0 spiro atoms. The monoisotopic (exact) mass is 459 g/mol. The maximum atomic E-state index is 12.4. The van der Waals surface area contributed by atoms with Gasteiger partial charge in [0.05, 0.1) is 11.7 Å². The highest BCUT2D eigenvalue weighted by atomic mass is 16.6. The number of alkyl carbamates (subject to hydrolysis) is 1. The molecule has 2 unspecified atom stereocenters. The molecular weight excluding hydrogens is 410 g/mol. The normalized spacial score (nSPS) is 14.6. The van der Waals surface area contributed by atoms with E-state index >= 15 is 0 Å². The minimum absolute atomic E-state index is 0.00152. The fraction of sp³-hybridized carbons (Fsp3) is 0.917. The van der Waals surface area contributed by atoms with Crippen LogP contribution in [0.2, 0.25) is 0 Å². The molecular formula is C24H49N3O5. The molecule has 0 aliphatic rings. The molecule has 0 fully saturated rings. The maximum absolute atomic E-state index is 12.4. The second-order valence-corrected chi connectivity index (χ2v) is 10.9. The number of amides is 2. The first-order valence-electron chi connectivity index (χ1n) is 11.8. The molecule has 0 aromatic heterocycles. The minimum Gasteiger partial charge on any atom is -0.444 e. The van der Waals surface area contributed by atoms with Crippen LogP contribution in [-0.4, -0.2) is 60.6 Å². The fourth-order valence-corrected chi connectivity index (χ4v) is 2.92. The fourth-order valence-electron chi connectivity index (χ4n) is 2.92. The summed E-state index contributed by atoms with van der Waals surface area (Å²) in [4.78, 5) is 24.3. The van der Waals surface area contributed by atoms with Crippen molar-refractivity contribution in [1.29, 1.82) is 0 Å². The van der Waals surface area contributed by atoms with Crippen LogP contribution in [-0.2, 0) is 19.0 Å². The zero-order valence-electron chi connectivity index (χ0n) is 21.9. The molecule has 0 aliphatic carbocycles. The van der Waals surface area contributed by atoms with Crippen LogP contribution in [0.5, 0.6) is 0 Å². The van der Waals surface area contributed by atoms with Crippen LogP contribution in [0.4, 0.5) is 4.79 Å². The lowest BCUT2D eigenvalue weighted by molar-refractivity contribution is -0.124. The van der Waals surface area contributed by atoms with Crippen LogP contribution >= 0.6 is 0 Å². The summed E-state index contributed by atoms with van der Waals surface area (Å²) in [6, 6.07) is -0.0699. The van der Waals surface area contributed by atoms with Crippen molar-refractivity contribution in [3.8, 4) is 0 Å². The zero-order chi connectivity index (χ0) is 25.0. The van der Waals surface area contributed by atoms with Crippen molar-refractivity contribution in [1.82, 2.24) is 10.6 Å². The first-order valence-corrected chi connectivity index (χ1v) is 11.8. The standard InChI is InChI=1S/C24H49N3O5/c1-18(26-21(29)32-22(3,4)5)12-16-31-24(8,9)13-10-20(28)27-23(6,7)14-17-30-19(2)11-15-25/h18-19H,10-17,25H2,1-9H3,(H,26,29)(H,27,28). The van der Waals surface area contributed by atoms with Gasteiger partial charge in [-0.15, -0.1) is 0 Å². The largest absolute Gasteiger partial charge is 0.444 e. The van der Waals surface area contributed by atoms with E-state index in [0.29, 0.717) is 39.0 Å². The molecule has 0 saturated carbocycles. The summed E-state index contributed by atoms with van der Waals surface area (Å²) >= 11 is 0. The number of nitrogens with one attached hydrogen (secondary N) is 2. The van der Waals surface area contributed by atoms with Gasteiger partial charge in [-0.25, -0.2) is 4.79 Å². The molecule has 4 N–H and O–H groups in total. The Kier molecular flexibility index (Phi) is 13.4. The summed E-state index contributed by atoms with van der Waals surface area (Å²) in [5.41, 5.74) is 4.24. The van der Waals surface area contributed by atoms with Crippen LogP contribution in [0.1, 0.15) is 94.4 Å². The number of hydrogen-bond acceptors (Lipinski definition) is 6. The lowest BCUT2D eigenvalue weighted by atomic mass is 9.98. The van der Waals surface area contributed by atoms with Crippen LogP contribution in [0.15, 0.2) is 0 Å². The third kappa shape index (κ3) is 17.2. The van der Waals surface area contributed by atoms with Crippen molar-refractivity contribution in [3.05, 3.63) is 0 Å². The quantitative estimate of drug-likeness (QED) is 0.342. The van der Waals surface area contributed by atoms with Crippen molar-refractivity contribution >= 4 is 12.0 Å². The van der Waals surface area contributed by atoms with Gasteiger partial charge in [-0.1, -0.05) is 0 Å². The average Bonchev–Trinajstić information content (AvgIpc) is 2.57. The highest BCUT2D eigenvalue weighted by Crippen LogP contribution is 2.18.